The molecule has 1 saturated heterocycles. The van der Waals surface area contributed by atoms with Gasteiger partial charge in [0.2, 0.25) is 17.6 Å². The zero-order chi connectivity index (χ0) is 33.8. The summed E-state index contributed by atoms with van der Waals surface area (Å²) in [4.78, 5) is 67.0. The molecule has 0 radical (unpaired) electrons. The Morgan fingerprint density at radius 2 is 1.66 bits per heavy atom. The first-order valence-corrected chi connectivity index (χ1v) is 17.2. The lowest BCUT2D eigenvalue weighted by atomic mass is 9.98. The topological polar surface area (TPSA) is 171 Å². The molecule has 13 heteroatoms. The molecule has 4 N–H and O–H groups in total. The third-order valence-electron chi connectivity index (χ3n) is 9.04. The highest BCUT2D eigenvalue weighted by Gasteiger charge is 2.69. The summed E-state index contributed by atoms with van der Waals surface area (Å²) in [5.74, 6) is -3.05. The average molecular weight is 640 g/mol. The lowest BCUT2D eigenvalue weighted by Gasteiger charge is -2.33. The lowest BCUT2D eigenvalue weighted by molar-refractivity contribution is -0.143. The third kappa shape index (κ3) is 8.60. The van der Waals surface area contributed by atoms with Gasteiger partial charge < -0.3 is 26.2 Å². The van der Waals surface area contributed by atoms with Crippen molar-refractivity contribution in [3.63, 3.8) is 0 Å². The fraction of sp³-hybridized carbons (Fsp3) is 0.774. The minimum atomic E-state index is -3.52. The van der Waals surface area contributed by atoms with Crippen LogP contribution < -0.4 is 21.3 Å². The minimum absolute atomic E-state index is 0.0665. The fourth-order valence-electron chi connectivity index (χ4n) is 5.76. The summed E-state index contributed by atoms with van der Waals surface area (Å²) in [6.07, 6.45) is 3.10. The number of carbonyl (C=O) groups is 5. The van der Waals surface area contributed by atoms with Crippen molar-refractivity contribution in [2.45, 2.75) is 110 Å². The van der Waals surface area contributed by atoms with Crippen molar-refractivity contribution in [3.05, 3.63) is 12.7 Å². The second-order valence-corrected chi connectivity index (χ2v) is 16.8. The summed E-state index contributed by atoms with van der Waals surface area (Å²) < 4.78 is 24.6. The molecule has 0 bridgehead atoms. The van der Waals surface area contributed by atoms with Crippen molar-refractivity contribution in [3.8, 4) is 0 Å². The molecule has 0 spiro atoms. The third-order valence-corrected chi connectivity index (χ3v) is 11.7. The molecule has 1 heterocycles. The van der Waals surface area contributed by atoms with Crippen LogP contribution in [0.25, 0.3) is 0 Å². The van der Waals surface area contributed by atoms with Crippen LogP contribution in [-0.2, 0) is 29.0 Å². The first-order valence-electron chi connectivity index (χ1n) is 15.5. The van der Waals surface area contributed by atoms with E-state index in [1.165, 1.54) is 17.9 Å². The van der Waals surface area contributed by atoms with E-state index in [0.717, 1.165) is 6.42 Å². The average Bonchev–Trinajstić information content (AvgIpc) is 3.23. The van der Waals surface area contributed by atoms with Crippen LogP contribution in [0.4, 0.5) is 4.79 Å². The molecule has 0 aromatic heterocycles. The maximum absolute atomic E-state index is 13.7. The SMILES string of the molecule is C=CCNC(=O)C(=O)C(CCCC)NC(=O)[C@@H]1C2C(CN1C(=O)[C@H](C)NC(=O)N[C@H](CS(=O)(=O)C(C)(C)C)C(C)C)C2(C)C. The predicted molar refractivity (Wildman–Crippen MR) is 169 cm³/mol. The monoisotopic (exact) mass is 639 g/mol. The van der Waals surface area contributed by atoms with Gasteiger partial charge in [0.05, 0.1) is 16.5 Å². The summed E-state index contributed by atoms with van der Waals surface area (Å²) in [6.45, 7) is 19.9. The molecule has 250 valence electrons. The number of hydrogen-bond acceptors (Lipinski definition) is 7. The van der Waals surface area contributed by atoms with E-state index in [-0.39, 0.29) is 41.9 Å². The standard InChI is InChI=1S/C31H53N5O7S/c1-11-13-14-21(25(37)27(39)32-15-12-2)34-26(38)24-23-20(31(23,9)10)16-36(24)28(40)19(5)33-29(41)35-22(18(3)4)17-44(42,43)30(6,7)8/h12,18-24H,2,11,13-17H2,1,3-10H3,(H,32,39)(H,34,38)(H2,33,35,41)/t19-,20?,21?,22+,23?,24-/m0/s1. The molecule has 0 aromatic carbocycles. The van der Waals surface area contributed by atoms with Gasteiger partial charge in [0.1, 0.15) is 12.1 Å². The molecular formula is C31H53N5O7S. The van der Waals surface area contributed by atoms with Crippen LogP contribution in [0.2, 0.25) is 0 Å². The zero-order valence-electron chi connectivity index (χ0n) is 27.8. The van der Waals surface area contributed by atoms with E-state index in [1.807, 2.05) is 20.8 Å². The van der Waals surface area contributed by atoms with Gasteiger partial charge >= 0.3 is 6.03 Å². The Balaban J connectivity index is 2.18. The number of nitrogens with one attached hydrogen (secondary N) is 4. The number of carbonyl (C=O) groups excluding carboxylic acids is 5. The highest BCUT2D eigenvalue weighted by Crippen LogP contribution is 2.64. The van der Waals surface area contributed by atoms with Gasteiger partial charge in [-0.15, -0.1) is 6.58 Å². The van der Waals surface area contributed by atoms with E-state index in [4.69, 9.17) is 0 Å². The van der Waals surface area contributed by atoms with E-state index >= 15 is 0 Å². The van der Waals surface area contributed by atoms with Crippen LogP contribution in [-0.4, -0.2) is 90.6 Å². The van der Waals surface area contributed by atoms with Gasteiger partial charge in [0.15, 0.2) is 9.84 Å². The summed E-state index contributed by atoms with van der Waals surface area (Å²) in [6, 6.07) is -4.29. The van der Waals surface area contributed by atoms with E-state index in [9.17, 15) is 32.4 Å². The molecule has 2 fully saturated rings. The number of piperidine rings is 1. The number of sulfone groups is 1. The van der Waals surface area contributed by atoms with Gasteiger partial charge in [0, 0.05) is 19.1 Å². The molecule has 1 aliphatic heterocycles. The van der Waals surface area contributed by atoms with Crippen molar-refractivity contribution in [2.24, 2.45) is 23.2 Å². The second kappa shape index (κ2) is 14.4. The number of Topliss-reactive ketones (excluding diaryl/α,β-unsaturated/α-hetero) is 1. The molecule has 44 heavy (non-hydrogen) atoms. The van der Waals surface area contributed by atoms with Gasteiger partial charge in [-0.1, -0.05) is 53.5 Å². The number of ketones is 1. The number of fused-ring (bicyclic) bond motifs is 1. The molecular weight excluding hydrogens is 586 g/mol. The van der Waals surface area contributed by atoms with Gasteiger partial charge in [-0.2, -0.15) is 0 Å². The fourth-order valence-corrected chi connectivity index (χ4v) is 7.20. The first-order chi connectivity index (χ1) is 20.2. The molecule has 1 saturated carbocycles. The number of hydrogen-bond donors (Lipinski definition) is 4. The van der Waals surface area contributed by atoms with Crippen LogP contribution >= 0.6 is 0 Å². The maximum atomic E-state index is 13.7. The Kier molecular flexibility index (Phi) is 12.2. The van der Waals surface area contributed by atoms with Crippen molar-refractivity contribution < 1.29 is 32.4 Å². The molecule has 2 rings (SSSR count). The molecule has 1 aliphatic carbocycles. The Morgan fingerprint density at radius 1 is 1.05 bits per heavy atom. The number of amides is 5. The van der Waals surface area contributed by atoms with E-state index < -0.39 is 68.3 Å². The van der Waals surface area contributed by atoms with Crippen LogP contribution in [0.15, 0.2) is 12.7 Å². The van der Waals surface area contributed by atoms with Crippen molar-refractivity contribution in [1.29, 1.82) is 0 Å². The smallest absolute Gasteiger partial charge is 0.315 e. The minimum Gasteiger partial charge on any atom is -0.346 e. The van der Waals surface area contributed by atoms with Gasteiger partial charge in [-0.3, -0.25) is 19.2 Å². The Hall–Kier alpha value is -2.96. The quantitative estimate of drug-likeness (QED) is 0.157. The van der Waals surface area contributed by atoms with Crippen LogP contribution in [0.5, 0.6) is 0 Å². The maximum Gasteiger partial charge on any atom is 0.315 e. The Morgan fingerprint density at radius 3 is 2.18 bits per heavy atom. The van der Waals surface area contributed by atoms with Crippen LogP contribution in [0.3, 0.4) is 0 Å². The number of unbranched alkanes of at least 4 members (excludes halogenated alkanes) is 1. The number of rotatable bonds is 15. The molecule has 6 atom stereocenters. The second-order valence-electron chi connectivity index (χ2n) is 14.0. The van der Waals surface area contributed by atoms with Crippen LogP contribution in [0, 0.1) is 23.2 Å². The number of likely N-dealkylation sites (tertiary alicyclic amines) is 1. The van der Waals surface area contributed by atoms with E-state index in [0.29, 0.717) is 13.0 Å². The lowest BCUT2D eigenvalue weighted by Crippen LogP contribution is -2.59. The van der Waals surface area contributed by atoms with Crippen LogP contribution in [0.1, 0.15) is 81.6 Å². The highest BCUT2D eigenvalue weighted by molar-refractivity contribution is 7.92. The summed E-state index contributed by atoms with van der Waals surface area (Å²) >= 11 is 0. The van der Waals surface area contributed by atoms with E-state index in [1.54, 1.807) is 34.6 Å². The first kappa shape index (κ1) is 37.2. The normalized spacial score (nSPS) is 22.7. The number of urea groups is 1. The van der Waals surface area contributed by atoms with Gasteiger partial charge in [0.25, 0.3) is 5.91 Å². The van der Waals surface area contributed by atoms with Gasteiger partial charge in [-0.05, 0) is 57.3 Å². The summed E-state index contributed by atoms with van der Waals surface area (Å²) in [5, 5.41) is 10.5. The Labute approximate surface area is 262 Å². The largest absolute Gasteiger partial charge is 0.346 e. The number of nitrogens with zero attached hydrogens (tertiary/aromatic N) is 1. The predicted octanol–water partition coefficient (Wildman–Crippen LogP) is 1.94. The molecule has 12 nitrogen and oxygen atoms in total. The molecule has 5 amide bonds. The van der Waals surface area contributed by atoms with Crippen molar-refractivity contribution >= 4 is 39.4 Å². The zero-order valence-corrected chi connectivity index (χ0v) is 28.6. The van der Waals surface area contributed by atoms with Gasteiger partial charge in [-0.25, -0.2) is 13.2 Å². The van der Waals surface area contributed by atoms with Crippen molar-refractivity contribution in [2.75, 3.05) is 18.8 Å². The summed E-state index contributed by atoms with van der Waals surface area (Å²) in [5.41, 5.74) is -0.194. The highest BCUT2D eigenvalue weighted by atomic mass is 32.2. The Bertz CT molecular complexity index is 1220. The molecule has 0 aromatic rings. The van der Waals surface area contributed by atoms with Crippen molar-refractivity contribution in [1.82, 2.24) is 26.2 Å². The molecule has 2 aliphatic rings. The van der Waals surface area contributed by atoms with E-state index in [2.05, 4.69) is 27.8 Å². The molecule has 3 unspecified atom stereocenters. The summed E-state index contributed by atoms with van der Waals surface area (Å²) in [7, 11) is -3.52.